The van der Waals surface area contributed by atoms with Crippen LogP contribution in [0.2, 0.25) is 0 Å². The summed E-state index contributed by atoms with van der Waals surface area (Å²) in [6.07, 6.45) is -0.335. The van der Waals surface area contributed by atoms with Crippen LogP contribution in [0.25, 0.3) is 0 Å². The molecule has 0 saturated heterocycles. The molecule has 0 aliphatic heterocycles. The predicted octanol–water partition coefficient (Wildman–Crippen LogP) is 4.22. The number of rotatable bonds is 6. The summed E-state index contributed by atoms with van der Waals surface area (Å²) in [5, 5.41) is 0. The van der Waals surface area contributed by atoms with Crippen LogP contribution in [0, 0.1) is 0 Å². The molecule has 4 heteroatoms. The van der Waals surface area contributed by atoms with Crippen LogP contribution in [0.4, 0.5) is 0 Å². The van der Waals surface area contributed by atoms with Crippen molar-refractivity contribution in [1.29, 1.82) is 0 Å². The lowest BCUT2D eigenvalue weighted by Gasteiger charge is -2.24. The Labute approximate surface area is 121 Å². The lowest BCUT2D eigenvalue weighted by molar-refractivity contribution is -0.412. The van der Waals surface area contributed by atoms with Gasteiger partial charge < -0.3 is 0 Å². The number of hydrogen-bond donors (Lipinski definition) is 0. The molecule has 0 bridgehead atoms. The van der Waals surface area contributed by atoms with E-state index in [1.165, 1.54) is 0 Å². The van der Waals surface area contributed by atoms with Gasteiger partial charge in [-0.1, -0.05) is 30.3 Å². The molecule has 1 unspecified atom stereocenters. The van der Waals surface area contributed by atoms with Crippen LogP contribution in [-0.4, -0.2) is 17.8 Å². The molecule has 0 aromatic heterocycles. The molecular formula is C16H26O4. The minimum absolute atomic E-state index is 0.261. The molecule has 1 aromatic carbocycles. The first-order valence-corrected chi connectivity index (χ1v) is 6.87. The molecule has 0 saturated carbocycles. The highest BCUT2D eigenvalue weighted by molar-refractivity contribution is 5.17. The van der Waals surface area contributed by atoms with Crippen molar-refractivity contribution in [1.82, 2.24) is 0 Å². The maximum atomic E-state index is 5.50. The fourth-order valence-corrected chi connectivity index (χ4v) is 1.32. The first-order valence-electron chi connectivity index (χ1n) is 6.87. The van der Waals surface area contributed by atoms with Crippen molar-refractivity contribution >= 4 is 0 Å². The molecule has 0 aliphatic rings. The van der Waals surface area contributed by atoms with E-state index in [1.807, 2.05) is 71.9 Å². The summed E-state index contributed by atoms with van der Waals surface area (Å²) in [6, 6.07) is 9.80. The average molecular weight is 282 g/mol. The van der Waals surface area contributed by atoms with E-state index in [4.69, 9.17) is 19.6 Å². The van der Waals surface area contributed by atoms with Crippen molar-refractivity contribution in [3.05, 3.63) is 35.9 Å². The highest BCUT2D eigenvalue weighted by Gasteiger charge is 2.20. The second-order valence-electron chi connectivity index (χ2n) is 6.67. The van der Waals surface area contributed by atoms with E-state index in [0.29, 0.717) is 0 Å². The summed E-state index contributed by atoms with van der Waals surface area (Å²) in [7, 11) is 0. The summed E-state index contributed by atoms with van der Waals surface area (Å²) in [4.78, 5) is 21.4. The van der Waals surface area contributed by atoms with Gasteiger partial charge in [0.1, 0.15) is 12.7 Å². The quantitative estimate of drug-likeness (QED) is 0.578. The Morgan fingerprint density at radius 1 is 0.850 bits per heavy atom. The Morgan fingerprint density at radius 2 is 1.40 bits per heavy atom. The molecule has 114 valence electrons. The topological polar surface area (TPSA) is 36.9 Å². The molecule has 0 N–H and O–H groups in total. The van der Waals surface area contributed by atoms with Crippen molar-refractivity contribution in [3.8, 4) is 0 Å². The maximum absolute atomic E-state index is 5.50. The summed E-state index contributed by atoms with van der Waals surface area (Å²) in [5.41, 5.74) is 0.249. The van der Waals surface area contributed by atoms with E-state index in [-0.39, 0.29) is 23.9 Å². The Balaban J connectivity index is 2.60. The van der Waals surface area contributed by atoms with Gasteiger partial charge in [-0.05, 0) is 47.1 Å². The van der Waals surface area contributed by atoms with Crippen LogP contribution in [0.5, 0.6) is 0 Å². The maximum Gasteiger partial charge on any atom is 0.144 e. The van der Waals surface area contributed by atoms with Crippen molar-refractivity contribution < 1.29 is 19.6 Å². The van der Waals surface area contributed by atoms with E-state index < -0.39 is 0 Å². The van der Waals surface area contributed by atoms with Crippen molar-refractivity contribution in [2.24, 2.45) is 0 Å². The first-order chi connectivity index (χ1) is 9.17. The van der Waals surface area contributed by atoms with Crippen LogP contribution < -0.4 is 0 Å². The fraction of sp³-hybridized carbons (Fsp3) is 0.625. The van der Waals surface area contributed by atoms with Crippen molar-refractivity contribution in [3.63, 3.8) is 0 Å². The van der Waals surface area contributed by atoms with E-state index in [9.17, 15) is 0 Å². The SMILES string of the molecule is CC(C)(C)OOCC(OOC(C)(C)C)c1ccccc1. The van der Waals surface area contributed by atoms with Gasteiger partial charge in [0.05, 0.1) is 11.2 Å². The monoisotopic (exact) mass is 282 g/mol. The van der Waals surface area contributed by atoms with Crippen LogP contribution in [0.3, 0.4) is 0 Å². The van der Waals surface area contributed by atoms with E-state index in [2.05, 4.69) is 0 Å². The molecule has 0 amide bonds. The van der Waals surface area contributed by atoms with Gasteiger partial charge in [0, 0.05) is 0 Å². The Hall–Kier alpha value is -0.940. The molecule has 0 radical (unpaired) electrons. The highest BCUT2D eigenvalue weighted by Crippen LogP contribution is 2.22. The third kappa shape index (κ3) is 7.60. The second-order valence-corrected chi connectivity index (χ2v) is 6.67. The average Bonchev–Trinajstić information content (AvgIpc) is 2.32. The smallest absolute Gasteiger partial charge is 0.144 e. The normalized spacial score (nSPS) is 14.3. The summed E-state index contributed by atoms with van der Waals surface area (Å²) >= 11 is 0. The van der Waals surface area contributed by atoms with Crippen LogP contribution in [-0.2, 0) is 19.6 Å². The standard InChI is InChI=1S/C16H26O4/c1-15(2,3)19-17-12-14(18-20-16(4,5)6)13-10-8-7-9-11-13/h7-11,14H,12H2,1-6H3. The molecule has 0 spiro atoms. The summed E-state index contributed by atoms with van der Waals surface area (Å²) in [6.45, 7) is 11.8. The Morgan fingerprint density at radius 3 is 1.90 bits per heavy atom. The molecule has 0 fully saturated rings. The lowest BCUT2D eigenvalue weighted by Crippen LogP contribution is -2.25. The lowest BCUT2D eigenvalue weighted by atomic mass is 10.1. The number of benzene rings is 1. The zero-order valence-electron chi connectivity index (χ0n) is 13.3. The third-order valence-electron chi connectivity index (χ3n) is 2.11. The third-order valence-corrected chi connectivity index (χ3v) is 2.11. The Bertz CT molecular complexity index is 376. The van der Waals surface area contributed by atoms with Gasteiger partial charge in [-0.25, -0.2) is 19.6 Å². The van der Waals surface area contributed by atoms with Gasteiger partial charge in [-0.2, -0.15) is 0 Å². The zero-order chi connectivity index (χ0) is 15.2. The van der Waals surface area contributed by atoms with Gasteiger partial charge in [-0.15, -0.1) is 0 Å². The molecule has 0 aliphatic carbocycles. The van der Waals surface area contributed by atoms with Gasteiger partial charge in [-0.3, -0.25) is 0 Å². The van der Waals surface area contributed by atoms with Crippen molar-refractivity contribution in [2.45, 2.75) is 58.8 Å². The zero-order valence-corrected chi connectivity index (χ0v) is 13.3. The molecular weight excluding hydrogens is 256 g/mol. The van der Waals surface area contributed by atoms with E-state index >= 15 is 0 Å². The van der Waals surface area contributed by atoms with Crippen LogP contribution in [0.1, 0.15) is 53.2 Å². The molecule has 20 heavy (non-hydrogen) atoms. The predicted molar refractivity (Wildman–Crippen MR) is 77.9 cm³/mol. The van der Waals surface area contributed by atoms with E-state index in [1.54, 1.807) is 0 Å². The van der Waals surface area contributed by atoms with Crippen LogP contribution in [0.15, 0.2) is 30.3 Å². The Kier molecular flexibility index (Phi) is 6.14. The summed E-state index contributed by atoms with van der Waals surface area (Å²) < 4.78 is 0. The second kappa shape index (κ2) is 7.18. The molecule has 1 rings (SSSR count). The largest absolute Gasteiger partial charge is 0.233 e. The van der Waals surface area contributed by atoms with Gasteiger partial charge in [0.15, 0.2) is 0 Å². The molecule has 1 atom stereocenters. The van der Waals surface area contributed by atoms with E-state index in [0.717, 1.165) is 5.56 Å². The first kappa shape index (κ1) is 17.1. The fourth-order valence-electron chi connectivity index (χ4n) is 1.32. The van der Waals surface area contributed by atoms with Crippen LogP contribution >= 0.6 is 0 Å². The van der Waals surface area contributed by atoms with Crippen molar-refractivity contribution in [2.75, 3.05) is 6.61 Å². The minimum atomic E-state index is -0.377. The molecule has 4 nitrogen and oxygen atoms in total. The minimum Gasteiger partial charge on any atom is -0.233 e. The summed E-state index contributed by atoms with van der Waals surface area (Å²) in [5.74, 6) is 0. The van der Waals surface area contributed by atoms with Gasteiger partial charge in [0.2, 0.25) is 0 Å². The van der Waals surface area contributed by atoms with Gasteiger partial charge in [0.25, 0.3) is 0 Å². The van der Waals surface area contributed by atoms with Gasteiger partial charge >= 0.3 is 0 Å². The molecule has 1 aromatic rings. The highest BCUT2D eigenvalue weighted by atomic mass is 17.2. The number of hydrogen-bond acceptors (Lipinski definition) is 4. The molecule has 0 heterocycles.